The number of hydrogen-bond acceptors (Lipinski definition) is 6. The summed E-state index contributed by atoms with van der Waals surface area (Å²) in [6.45, 7) is 3.53. The van der Waals surface area contributed by atoms with E-state index < -0.39 is 5.41 Å². The number of benzene rings is 1. The molecule has 0 amide bonds. The van der Waals surface area contributed by atoms with Crippen molar-refractivity contribution in [2.24, 2.45) is 5.41 Å². The number of thiophene rings is 1. The first-order valence-corrected chi connectivity index (χ1v) is 9.78. The lowest BCUT2D eigenvalue weighted by atomic mass is 9.84. The molecule has 1 saturated heterocycles. The Morgan fingerprint density at radius 1 is 1.37 bits per heavy atom. The van der Waals surface area contributed by atoms with Crippen molar-refractivity contribution in [3.63, 3.8) is 0 Å². The molecule has 0 atom stereocenters. The van der Waals surface area contributed by atoms with E-state index in [1.54, 1.807) is 6.20 Å². The van der Waals surface area contributed by atoms with E-state index >= 15 is 0 Å². The van der Waals surface area contributed by atoms with Crippen molar-refractivity contribution in [1.29, 1.82) is 5.26 Å². The molecule has 0 aliphatic carbocycles. The fraction of sp³-hybridized carbons (Fsp3) is 0.300. The summed E-state index contributed by atoms with van der Waals surface area (Å²) in [7, 11) is 0. The van der Waals surface area contributed by atoms with Crippen molar-refractivity contribution < 1.29 is 9.84 Å². The second kappa shape index (κ2) is 7.10. The van der Waals surface area contributed by atoms with Crippen molar-refractivity contribution in [3.8, 4) is 22.9 Å². The van der Waals surface area contributed by atoms with Crippen LogP contribution >= 0.6 is 22.9 Å². The number of aliphatic hydroxyl groups excluding tert-OH is 1. The van der Waals surface area contributed by atoms with E-state index in [0.29, 0.717) is 24.7 Å². The molecule has 27 heavy (non-hydrogen) atoms. The van der Waals surface area contributed by atoms with E-state index in [2.05, 4.69) is 16.4 Å². The smallest absolute Gasteiger partial charge is 0.130 e. The molecule has 138 valence electrons. The highest BCUT2D eigenvalue weighted by Crippen LogP contribution is 2.42. The Balaban J connectivity index is 1.81. The van der Waals surface area contributed by atoms with Crippen LogP contribution in [0.2, 0.25) is 5.02 Å². The molecule has 0 saturated carbocycles. The second-order valence-electron chi connectivity index (χ2n) is 6.83. The second-order valence-corrected chi connectivity index (χ2v) is 8.40. The van der Waals surface area contributed by atoms with Gasteiger partial charge in [-0.3, -0.25) is 4.98 Å². The summed E-state index contributed by atoms with van der Waals surface area (Å²) >= 11 is 7.85. The highest BCUT2D eigenvalue weighted by Gasteiger charge is 2.38. The molecule has 2 aromatic heterocycles. The third-order valence-corrected chi connectivity index (χ3v) is 6.17. The maximum atomic E-state index is 9.48. The van der Waals surface area contributed by atoms with Gasteiger partial charge in [0.05, 0.1) is 22.9 Å². The average molecular weight is 400 g/mol. The number of pyridine rings is 1. The molecule has 0 bridgehead atoms. The Kier molecular flexibility index (Phi) is 4.79. The van der Waals surface area contributed by atoms with Gasteiger partial charge in [-0.25, -0.2) is 0 Å². The Labute approximate surface area is 166 Å². The lowest BCUT2D eigenvalue weighted by Gasteiger charge is -2.36. The van der Waals surface area contributed by atoms with Crippen LogP contribution in [-0.2, 0) is 6.61 Å². The van der Waals surface area contributed by atoms with Crippen LogP contribution in [0.1, 0.15) is 10.4 Å². The molecule has 5 nitrogen and oxygen atoms in total. The number of nitrogens with zero attached hydrogens (tertiary/aromatic N) is 2. The summed E-state index contributed by atoms with van der Waals surface area (Å²) in [6, 6.07) is 9.94. The zero-order valence-electron chi connectivity index (χ0n) is 14.8. The third kappa shape index (κ3) is 3.28. The van der Waals surface area contributed by atoms with E-state index in [4.69, 9.17) is 16.3 Å². The molecule has 0 unspecified atom stereocenters. The van der Waals surface area contributed by atoms with E-state index in [1.807, 2.05) is 31.2 Å². The van der Waals surface area contributed by atoms with Gasteiger partial charge in [0.2, 0.25) is 0 Å². The van der Waals surface area contributed by atoms with Gasteiger partial charge >= 0.3 is 0 Å². The number of rotatable bonds is 5. The Morgan fingerprint density at radius 3 is 2.85 bits per heavy atom. The van der Waals surface area contributed by atoms with Crippen molar-refractivity contribution >= 4 is 33.2 Å². The molecule has 1 aliphatic rings. The van der Waals surface area contributed by atoms with E-state index in [9.17, 15) is 10.4 Å². The van der Waals surface area contributed by atoms with Crippen LogP contribution in [0.5, 0.6) is 5.75 Å². The molecule has 3 heterocycles. The van der Waals surface area contributed by atoms with E-state index in [0.717, 1.165) is 37.5 Å². The molecule has 1 aliphatic heterocycles. The van der Waals surface area contributed by atoms with Crippen LogP contribution in [0.4, 0.5) is 0 Å². The molecule has 1 fully saturated rings. The van der Waals surface area contributed by atoms with Gasteiger partial charge in [-0.15, -0.1) is 11.3 Å². The topological polar surface area (TPSA) is 78.2 Å². The van der Waals surface area contributed by atoms with Crippen molar-refractivity contribution in [1.82, 2.24) is 10.3 Å². The van der Waals surface area contributed by atoms with Crippen LogP contribution in [0.3, 0.4) is 0 Å². The minimum Gasteiger partial charge on any atom is -0.491 e. The number of aliphatic hydroxyl groups is 1. The summed E-state index contributed by atoms with van der Waals surface area (Å²) in [4.78, 5) is 5.26. The highest BCUT2D eigenvalue weighted by molar-refractivity contribution is 7.19. The van der Waals surface area contributed by atoms with Gasteiger partial charge in [-0.1, -0.05) is 11.6 Å². The number of nitrogens with one attached hydrogen (secondary N) is 1. The molecule has 4 rings (SSSR count). The quantitative estimate of drug-likeness (QED) is 0.680. The standard InChI is InChI=1S/C20H18ClN3O2S/c1-12-4-13(21)5-16(18(12)26-11-20(8-22)9-23-10-20)15-2-3-24-17-6-14(7-25)27-19(15)17/h2-6,23,25H,7,9-11H2,1H3. The Bertz CT molecular complexity index is 1050. The van der Waals surface area contributed by atoms with Gasteiger partial charge in [0.15, 0.2) is 0 Å². The molecular formula is C20H18ClN3O2S. The lowest BCUT2D eigenvalue weighted by molar-refractivity contribution is 0.137. The summed E-state index contributed by atoms with van der Waals surface area (Å²) in [5.74, 6) is 0.729. The number of aryl methyl sites for hydroxylation is 1. The summed E-state index contributed by atoms with van der Waals surface area (Å²) in [5.41, 5.74) is 3.11. The highest BCUT2D eigenvalue weighted by atomic mass is 35.5. The molecule has 0 radical (unpaired) electrons. The molecule has 0 spiro atoms. The first-order valence-electron chi connectivity index (χ1n) is 8.59. The number of halogens is 1. The number of ether oxygens (including phenoxy) is 1. The van der Waals surface area contributed by atoms with Gasteiger partial charge in [-0.05, 0) is 36.8 Å². The van der Waals surface area contributed by atoms with Gasteiger partial charge < -0.3 is 15.2 Å². The third-order valence-electron chi connectivity index (χ3n) is 4.81. The first kappa shape index (κ1) is 18.2. The predicted octanol–water partition coefficient (Wildman–Crippen LogP) is 3.91. The normalized spacial score (nSPS) is 15.3. The zero-order chi connectivity index (χ0) is 19.0. The molecule has 7 heteroatoms. The first-order chi connectivity index (χ1) is 13.0. The fourth-order valence-corrected chi connectivity index (χ4v) is 4.52. The SMILES string of the molecule is Cc1cc(Cl)cc(-c2ccnc3cc(CO)sc23)c1OCC1(C#N)CNC1. The van der Waals surface area contributed by atoms with Gasteiger partial charge in [0, 0.05) is 40.3 Å². The van der Waals surface area contributed by atoms with E-state index in [1.165, 1.54) is 11.3 Å². The van der Waals surface area contributed by atoms with Crippen LogP contribution in [0.15, 0.2) is 30.5 Å². The maximum absolute atomic E-state index is 9.48. The van der Waals surface area contributed by atoms with Crippen LogP contribution in [0.25, 0.3) is 21.3 Å². The van der Waals surface area contributed by atoms with Crippen LogP contribution in [0, 0.1) is 23.7 Å². The summed E-state index contributed by atoms with van der Waals surface area (Å²) in [5, 5.41) is 22.7. The molecule has 2 N–H and O–H groups in total. The number of nitriles is 1. The van der Waals surface area contributed by atoms with E-state index in [-0.39, 0.29) is 6.61 Å². The monoisotopic (exact) mass is 399 g/mol. The van der Waals surface area contributed by atoms with Crippen LogP contribution in [-0.4, -0.2) is 29.8 Å². The van der Waals surface area contributed by atoms with Gasteiger partial charge in [0.1, 0.15) is 17.8 Å². The predicted molar refractivity (Wildman–Crippen MR) is 107 cm³/mol. The average Bonchev–Trinajstić information content (AvgIpc) is 3.05. The maximum Gasteiger partial charge on any atom is 0.130 e. The number of hydrogen-bond donors (Lipinski definition) is 2. The lowest BCUT2D eigenvalue weighted by Crippen LogP contribution is -2.55. The zero-order valence-corrected chi connectivity index (χ0v) is 16.3. The Hall–Kier alpha value is -2.17. The number of fused-ring (bicyclic) bond motifs is 1. The molecule has 1 aromatic carbocycles. The molecule has 3 aromatic rings. The van der Waals surface area contributed by atoms with Crippen LogP contribution < -0.4 is 10.1 Å². The largest absolute Gasteiger partial charge is 0.491 e. The number of aromatic nitrogens is 1. The fourth-order valence-electron chi connectivity index (χ4n) is 3.25. The van der Waals surface area contributed by atoms with Crippen molar-refractivity contribution in [2.75, 3.05) is 19.7 Å². The molecular weight excluding hydrogens is 382 g/mol. The Morgan fingerprint density at radius 2 is 2.19 bits per heavy atom. The summed E-state index contributed by atoms with van der Waals surface area (Å²) < 4.78 is 7.15. The van der Waals surface area contributed by atoms with Crippen molar-refractivity contribution in [2.45, 2.75) is 13.5 Å². The van der Waals surface area contributed by atoms with Crippen molar-refractivity contribution in [3.05, 3.63) is 45.9 Å². The minimum atomic E-state index is -0.482. The summed E-state index contributed by atoms with van der Waals surface area (Å²) in [6.07, 6.45) is 1.75. The van der Waals surface area contributed by atoms with Gasteiger partial charge in [0.25, 0.3) is 0 Å². The minimum absolute atomic E-state index is 0.0178. The van der Waals surface area contributed by atoms with Gasteiger partial charge in [-0.2, -0.15) is 5.26 Å².